The molecule has 0 fully saturated rings. The Kier molecular flexibility index (Phi) is 2.74. The highest BCUT2D eigenvalue weighted by Crippen LogP contribution is 2.21. The van der Waals surface area contributed by atoms with Crippen LogP contribution in [-0.2, 0) is 0 Å². The number of aromatic nitrogens is 7. The average Bonchev–Trinajstić information content (AvgIpc) is 3.16. The summed E-state index contributed by atoms with van der Waals surface area (Å²) in [5.74, 6) is 0.654. The number of halogens is 1. The van der Waals surface area contributed by atoms with Crippen LogP contribution in [0.5, 0.6) is 0 Å². The van der Waals surface area contributed by atoms with Crippen molar-refractivity contribution in [3.8, 4) is 16.9 Å². The molecule has 0 aliphatic heterocycles. The summed E-state index contributed by atoms with van der Waals surface area (Å²) in [5, 5.41) is 11.2. The van der Waals surface area contributed by atoms with Crippen molar-refractivity contribution in [2.75, 3.05) is 0 Å². The molecule has 0 unspecified atom stereocenters. The molecule has 3 heterocycles. The average molecular weight is 342 g/mol. The van der Waals surface area contributed by atoms with E-state index in [1.807, 2.05) is 41.1 Å². The van der Waals surface area contributed by atoms with Gasteiger partial charge in [-0.25, -0.2) is 14.6 Å². The second kappa shape index (κ2) is 4.74. The molecule has 4 rings (SSSR count). The maximum Gasteiger partial charge on any atom is 0.234 e. The predicted octanol–water partition coefficient (Wildman–Crippen LogP) is 2.13. The molecule has 0 aliphatic carbocycles. The summed E-state index contributed by atoms with van der Waals surface area (Å²) in [7, 11) is 0. The monoisotopic (exact) mass is 341 g/mol. The first kappa shape index (κ1) is 12.2. The molecule has 0 bridgehead atoms. The lowest BCUT2D eigenvalue weighted by Gasteiger charge is -2.01. The predicted molar refractivity (Wildman–Crippen MR) is 78.8 cm³/mol. The van der Waals surface area contributed by atoms with Gasteiger partial charge < -0.3 is 0 Å². The maximum atomic E-state index is 4.52. The zero-order valence-corrected chi connectivity index (χ0v) is 12.2. The number of fused-ring (bicyclic) bond motifs is 1. The van der Waals surface area contributed by atoms with Gasteiger partial charge in [-0.3, -0.25) is 4.40 Å². The first-order chi connectivity index (χ1) is 10.3. The first-order valence-corrected chi connectivity index (χ1v) is 6.93. The van der Waals surface area contributed by atoms with Gasteiger partial charge in [-0.05, 0) is 38.5 Å². The topological polar surface area (TPSA) is 73.8 Å². The Balaban J connectivity index is 1.83. The lowest BCUT2D eigenvalue weighted by molar-refractivity contribution is 0.789. The van der Waals surface area contributed by atoms with E-state index in [4.69, 9.17) is 0 Å². The summed E-state index contributed by atoms with van der Waals surface area (Å²) in [5.41, 5.74) is 2.70. The molecule has 21 heavy (non-hydrogen) atoms. The largest absolute Gasteiger partial charge is 0.289 e. The fourth-order valence-electron chi connectivity index (χ4n) is 2.09. The summed E-state index contributed by atoms with van der Waals surface area (Å²) in [6.45, 7) is 0. The molecule has 0 amide bonds. The molecular weight excluding hydrogens is 334 g/mol. The molecule has 8 heteroatoms. The van der Waals surface area contributed by atoms with Crippen molar-refractivity contribution in [3.05, 3.63) is 53.7 Å². The van der Waals surface area contributed by atoms with E-state index < -0.39 is 0 Å². The maximum absolute atomic E-state index is 4.52. The van der Waals surface area contributed by atoms with Gasteiger partial charge in [0.25, 0.3) is 0 Å². The molecule has 0 aliphatic rings. The van der Waals surface area contributed by atoms with Crippen LogP contribution in [0.1, 0.15) is 0 Å². The van der Waals surface area contributed by atoms with E-state index in [1.54, 1.807) is 17.2 Å². The van der Waals surface area contributed by atoms with E-state index in [9.17, 15) is 0 Å². The van der Waals surface area contributed by atoms with Crippen molar-refractivity contribution in [2.24, 2.45) is 0 Å². The molecule has 0 spiro atoms. The Labute approximate surface area is 127 Å². The number of tetrazole rings is 1. The van der Waals surface area contributed by atoms with Crippen molar-refractivity contribution >= 4 is 21.7 Å². The smallest absolute Gasteiger partial charge is 0.234 e. The second-order valence-corrected chi connectivity index (χ2v) is 5.33. The summed E-state index contributed by atoms with van der Waals surface area (Å²) < 4.78 is 4.39. The van der Waals surface area contributed by atoms with Crippen molar-refractivity contribution in [2.45, 2.75) is 0 Å². The van der Waals surface area contributed by atoms with Crippen LogP contribution < -0.4 is 0 Å². The Hall–Kier alpha value is -2.61. The van der Waals surface area contributed by atoms with E-state index in [2.05, 4.69) is 41.4 Å². The van der Waals surface area contributed by atoms with Crippen LogP contribution in [0.4, 0.5) is 0 Å². The number of nitrogens with zero attached hydrogens (tertiary/aromatic N) is 7. The third-order valence-electron chi connectivity index (χ3n) is 3.03. The fraction of sp³-hybridized carbons (Fsp3) is 0. The van der Waals surface area contributed by atoms with Gasteiger partial charge in [0.05, 0.1) is 15.9 Å². The van der Waals surface area contributed by atoms with Crippen LogP contribution in [0.25, 0.3) is 22.7 Å². The Morgan fingerprint density at radius 3 is 2.95 bits per heavy atom. The van der Waals surface area contributed by atoms with Gasteiger partial charge >= 0.3 is 0 Å². The SMILES string of the molecule is Brc1cnc2nc(-c3cccc(-n4cnnn4)c3)cn2c1. The molecule has 0 N–H and O–H groups in total. The van der Waals surface area contributed by atoms with Gasteiger partial charge in [0, 0.05) is 24.2 Å². The van der Waals surface area contributed by atoms with Gasteiger partial charge in [-0.15, -0.1) is 5.10 Å². The summed E-state index contributed by atoms with van der Waals surface area (Å²) >= 11 is 3.40. The zero-order chi connectivity index (χ0) is 14.2. The molecular formula is C13H8BrN7. The lowest BCUT2D eigenvalue weighted by atomic mass is 10.1. The minimum Gasteiger partial charge on any atom is -0.289 e. The van der Waals surface area contributed by atoms with Crippen LogP contribution >= 0.6 is 15.9 Å². The van der Waals surface area contributed by atoms with Crippen molar-refractivity contribution in [1.29, 1.82) is 0 Å². The van der Waals surface area contributed by atoms with Gasteiger partial charge in [0.15, 0.2) is 0 Å². The highest BCUT2D eigenvalue weighted by Gasteiger charge is 2.07. The summed E-state index contributed by atoms with van der Waals surface area (Å²) in [6.07, 6.45) is 7.14. The zero-order valence-electron chi connectivity index (χ0n) is 10.6. The van der Waals surface area contributed by atoms with Gasteiger partial charge in [-0.1, -0.05) is 12.1 Å². The molecule has 0 atom stereocenters. The van der Waals surface area contributed by atoms with Gasteiger partial charge in [0.1, 0.15) is 6.33 Å². The molecule has 1 aromatic carbocycles. The summed E-state index contributed by atoms with van der Waals surface area (Å²) in [6, 6.07) is 7.85. The van der Waals surface area contributed by atoms with Crippen LogP contribution in [0.15, 0.2) is 53.7 Å². The highest BCUT2D eigenvalue weighted by molar-refractivity contribution is 9.10. The Bertz CT molecular complexity index is 913. The van der Waals surface area contributed by atoms with E-state index in [-0.39, 0.29) is 0 Å². The Morgan fingerprint density at radius 2 is 2.10 bits per heavy atom. The number of rotatable bonds is 2. The van der Waals surface area contributed by atoms with Crippen LogP contribution in [-0.4, -0.2) is 34.6 Å². The Morgan fingerprint density at radius 1 is 1.14 bits per heavy atom. The second-order valence-electron chi connectivity index (χ2n) is 4.41. The van der Waals surface area contributed by atoms with Crippen molar-refractivity contribution in [1.82, 2.24) is 34.6 Å². The minimum atomic E-state index is 0.654. The number of benzene rings is 1. The highest BCUT2D eigenvalue weighted by atomic mass is 79.9. The molecule has 102 valence electrons. The van der Waals surface area contributed by atoms with E-state index in [0.717, 1.165) is 21.4 Å². The van der Waals surface area contributed by atoms with Crippen molar-refractivity contribution < 1.29 is 0 Å². The molecule has 0 saturated heterocycles. The first-order valence-electron chi connectivity index (χ1n) is 6.14. The molecule has 4 aromatic rings. The minimum absolute atomic E-state index is 0.654. The molecule has 7 nitrogen and oxygen atoms in total. The third kappa shape index (κ3) is 2.19. The van der Waals surface area contributed by atoms with E-state index in [0.29, 0.717) is 5.78 Å². The molecule has 0 saturated carbocycles. The third-order valence-corrected chi connectivity index (χ3v) is 3.44. The lowest BCUT2D eigenvalue weighted by Crippen LogP contribution is -1.95. The normalized spacial score (nSPS) is 11.1. The van der Waals surface area contributed by atoms with E-state index >= 15 is 0 Å². The standard InChI is InChI=1S/C13H8BrN7/c14-10-5-15-13-17-12(7-20(13)6-10)9-2-1-3-11(4-9)21-8-16-18-19-21/h1-8H. The van der Waals surface area contributed by atoms with Crippen LogP contribution in [0.3, 0.4) is 0 Å². The molecule has 0 radical (unpaired) electrons. The van der Waals surface area contributed by atoms with Crippen molar-refractivity contribution in [3.63, 3.8) is 0 Å². The van der Waals surface area contributed by atoms with Gasteiger partial charge in [0.2, 0.25) is 5.78 Å². The van der Waals surface area contributed by atoms with Crippen LogP contribution in [0.2, 0.25) is 0 Å². The number of hydrogen-bond donors (Lipinski definition) is 0. The quantitative estimate of drug-likeness (QED) is 0.558. The van der Waals surface area contributed by atoms with Crippen LogP contribution in [0, 0.1) is 0 Å². The van der Waals surface area contributed by atoms with E-state index in [1.165, 1.54) is 0 Å². The summed E-state index contributed by atoms with van der Waals surface area (Å²) in [4.78, 5) is 8.78. The van der Waals surface area contributed by atoms with Gasteiger partial charge in [-0.2, -0.15) is 0 Å². The number of imidazole rings is 1. The molecule has 3 aromatic heterocycles. The fourth-order valence-corrected chi connectivity index (χ4v) is 2.41. The number of hydrogen-bond acceptors (Lipinski definition) is 5.